The van der Waals surface area contributed by atoms with Gasteiger partial charge in [-0.2, -0.15) is 23.3 Å². The van der Waals surface area contributed by atoms with Crippen LogP contribution in [0.5, 0.6) is 0 Å². The first-order valence-corrected chi connectivity index (χ1v) is 14.8. The van der Waals surface area contributed by atoms with Crippen molar-refractivity contribution in [2.24, 2.45) is 12.0 Å². The molecule has 248 valence electrons. The van der Waals surface area contributed by atoms with Crippen LogP contribution in [0.1, 0.15) is 82.9 Å². The fraction of sp³-hybridized carbons (Fsp3) is 0.312. The summed E-state index contributed by atoms with van der Waals surface area (Å²) in [6.07, 6.45) is 2.41. The van der Waals surface area contributed by atoms with E-state index in [1.165, 1.54) is 49.1 Å². The molecule has 0 saturated carbocycles. The average Bonchev–Trinajstić information content (AvgIpc) is 3.36. The Morgan fingerprint density at radius 2 is 1.53 bits per heavy atom. The summed E-state index contributed by atoms with van der Waals surface area (Å²) in [5.74, 6) is -2.38. The van der Waals surface area contributed by atoms with E-state index in [4.69, 9.17) is 0 Å². The van der Waals surface area contributed by atoms with Crippen molar-refractivity contribution in [1.29, 1.82) is 0 Å². The maximum atomic E-state index is 13.9. The van der Waals surface area contributed by atoms with Crippen molar-refractivity contribution in [1.82, 2.24) is 35.4 Å². The maximum Gasteiger partial charge on any atom is 0.416 e. The summed E-state index contributed by atoms with van der Waals surface area (Å²) in [7, 11) is 1.84. The Hall–Kier alpha value is -5.31. The fourth-order valence-electron chi connectivity index (χ4n) is 4.65. The van der Waals surface area contributed by atoms with E-state index in [0.717, 1.165) is 35.8 Å². The van der Waals surface area contributed by atoms with Crippen LogP contribution in [0.25, 0.3) is 0 Å². The van der Waals surface area contributed by atoms with E-state index >= 15 is 0 Å². The molecule has 4 aromatic rings. The molecule has 47 heavy (non-hydrogen) atoms. The van der Waals surface area contributed by atoms with Gasteiger partial charge in [-0.1, -0.05) is 34.1 Å². The Bertz CT molecular complexity index is 1800. The highest BCUT2D eigenvalue weighted by atomic mass is 19.4. The van der Waals surface area contributed by atoms with Crippen LogP contribution in [0.15, 0.2) is 78.3 Å². The number of unbranched alkanes of at least 4 members (excludes halogenated alkanes) is 1. The third-order valence-electron chi connectivity index (χ3n) is 7.11. The minimum Gasteiger partial charge on any atom is -0.291 e. The van der Waals surface area contributed by atoms with Crippen LogP contribution in [-0.2, 0) is 25.2 Å². The van der Waals surface area contributed by atoms with Crippen LogP contribution >= 0.6 is 0 Å². The second-order valence-corrected chi connectivity index (χ2v) is 11.6. The topological polar surface area (TPSA) is 139 Å². The number of nitrogens with zero attached hydrogens (tertiary/aromatic N) is 6. The molecule has 4 rings (SSSR count). The van der Waals surface area contributed by atoms with Crippen molar-refractivity contribution in [2.45, 2.75) is 58.7 Å². The first-order chi connectivity index (χ1) is 22.2. The number of halogens is 3. The predicted molar refractivity (Wildman–Crippen MR) is 167 cm³/mol. The quantitative estimate of drug-likeness (QED) is 0.210. The molecule has 3 N–H and O–H groups in total. The lowest BCUT2D eigenvalue weighted by Gasteiger charge is -2.26. The molecular formula is C32H36F3N9O3. The van der Waals surface area contributed by atoms with E-state index in [0.29, 0.717) is 12.6 Å². The van der Waals surface area contributed by atoms with Crippen LogP contribution in [-0.4, -0.2) is 42.2 Å². The Kier molecular flexibility index (Phi) is 10.6. The first-order valence-electron chi connectivity index (χ1n) is 14.8. The molecule has 0 saturated heterocycles. The molecule has 0 spiro atoms. The number of aromatic nitrogens is 4. The number of carbonyl (C=O) groups is 3. The van der Waals surface area contributed by atoms with Crippen LogP contribution in [0.4, 0.5) is 18.9 Å². The van der Waals surface area contributed by atoms with Gasteiger partial charge < -0.3 is 0 Å². The summed E-state index contributed by atoms with van der Waals surface area (Å²) in [6, 6.07) is 9.87. The molecule has 0 unspecified atom stereocenters. The van der Waals surface area contributed by atoms with Crippen molar-refractivity contribution >= 4 is 23.4 Å². The van der Waals surface area contributed by atoms with E-state index in [-0.39, 0.29) is 27.7 Å². The van der Waals surface area contributed by atoms with Gasteiger partial charge in [0.2, 0.25) is 0 Å². The number of hydrazine groups is 3. The molecule has 1 aromatic carbocycles. The SMILES string of the molecule is CCCCn1c(=NC(=O)c2cc(C(F)(F)F)ccc2NN(NNC(=O)c2ccncc2)C(=O)c2ccncc2)cc(C(C)(C)C)n1C. The molecule has 0 radical (unpaired) electrons. The highest BCUT2D eigenvalue weighted by Gasteiger charge is 2.32. The largest absolute Gasteiger partial charge is 0.416 e. The van der Waals surface area contributed by atoms with E-state index in [2.05, 4.69) is 31.3 Å². The molecule has 12 nitrogen and oxygen atoms in total. The summed E-state index contributed by atoms with van der Waals surface area (Å²) in [5, 5.41) is 0.732. The molecule has 0 aliphatic carbocycles. The molecular weight excluding hydrogens is 615 g/mol. The van der Waals surface area contributed by atoms with Crippen LogP contribution in [0.2, 0.25) is 0 Å². The molecule has 0 bridgehead atoms. The monoisotopic (exact) mass is 651 g/mol. The standard InChI is InChI=1S/C32H36F3N9O3/c1-6-7-18-43-27(20-26(42(43)5)31(2,3)4)38-29(46)24-19-23(32(33,34)35)8-9-25(24)40-44(30(47)22-12-16-37-17-13-22)41-39-28(45)21-10-14-36-15-11-21/h8-17,19-20,40-41H,6-7,18H2,1-5H3,(H,39,45). The summed E-state index contributed by atoms with van der Waals surface area (Å²) >= 11 is 0. The van der Waals surface area contributed by atoms with Crippen molar-refractivity contribution in [3.05, 3.63) is 107 Å². The van der Waals surface area contributed by atoms with Crippen LogP contribution in [0.3, 0.4) is 0 Å². The number of amides is 3. The smallest absolute Gasteiger partial charge is 0.291 e. The highest BCUT2D eigenvalue weighted by molar-refractivity contribution is 6.01. The van der Waals surface area contributed by atoms with Gasteiger partial charge in [0.1, 0.15) is 0 Å². The molecule has 0 fully saturated rings. The second-order valence-electron chi connectivity index (χ2n) is 11.6. The zero-order valence-corrected chi connectivity index (χ0v) is 26.6. The number of alkyl halides is 3. The molecule has 0 atom stereocenters. The molecule has 3 aromatic heterocycles. The van der Waals surface area contributed by atoms with Crippen molar-refractivity contribution in [2.75, 3.05) is 5.43 Å². The minimum absolute atomic E-state index is 0.110. The fourth-order valence-corrected chi connectivity index (χ4v) is 4.65. The number of anilines is 1. The van der Waals surface area contributed by atoms with Gasteiger partial charge in [0.25, 0.3) is 17.7 Å². The Labute approximate surface area is 269 Å². The normalized spacial score (nSPS) is 12.1. The van der Waals surface area contributed by atoms with Gasteiger partial charge in [-0.05, 0) is 48.9 Å². The van der Waals surface area contributed by atoms with E-state index in [9.17, 15) is 27.6 Å². The van der Waals surface area contributed by atoms with E-state index in [1.54, 1.807) is 10.7 Å². The Morgan fingerprint density at radius 3 is 2.11 bits per heavy atom. The van der Waals surface area contributed by atoms with Crippen LogP contribution < -0.4 is 21.9 Å². The summed E-state index contributed by atoms with van der Waals surface area (Å²) in [6.45, 7) is 8.55. The molecule has 15 heteroatoms. The molecule has 3 heterocycles. The minimum atomic E-state index is -4.77. The lowest BCUT2D eigenvalue weighted by Crippen LogP contribution is -2.55. The van der Waals surface area contributed by atoms with Gasteiger partial charge in [-0.3, -0.25) is 44.6 Å². The van der Waals surface area contributed by atoms with Gasteiger partial charge in [0.05, 0.1) is 16.8 Å². The highest BCUT2D eigenvalue weighted by Crippen LogP contribution is 2.32. The van der Waals surface area contributed by atoms with Gasteiger partial charge in [-0.15, -0.1) is 5.53 Å². The third kappa shape index (κ3) is 8.49. The number of pyridine rings is 2. The summed E-state index contributed by atoms with van der Waals surface area (Å²) < 4.78 is 45.3. The van der Waals surface area contributed by atoms with Crippen molar-refractivity contribution < 1.29 is 27.6 Å². The average molecular weight is 652 g/mol. The Morgan fingerprint density at radius 1 is 0.915 bits per heavy atom. The summed E-state index contributed by atoms with van der Waals surface area (Å²) in [5.41, 5.74) is 6.86. The molecule has 3 amide bonds. The summed E-state index contributed by atoms with van der Waals surface area (Å²) in [4.78, 5) is 52.0. The Balaban J connectivity index is 1.78. The maximum absolute atomic E-state index is 13.9. The van der Waals surface area contributed by atoms with Crippen LogP contribution in [0, 0.1) is 0 Å². The molecule has 0 aliphatic rings. The van der Waals surface area contributed by atoms with E-state index in [1.807, 2.05) is 39.4 Å². The van der Waals surface area contributed by atoms with Gasteiger partial charge >= 0.3 is 6.18 Å². The van der Waals surface area contributed by atoms with Gasteiger partial charge in [0, 0.05) is 66.7 Å². The lowest BCUT2D eigenvalue weighted by atomic mass is 9.92. The molecule has 0 aliphatic heterocycles. The zero-order valence-electron chi connectivity index (χ0n) is 26.6. The van der Waals surface area contributed by atoms with E-state index < -0.39 is 35.0 Å². The number of hydrogen-bond acceptors (Lipinski definition) is 7. The van der Waals surface area contributed by atoms with Crippen molar-refractivity contribution in [3.63, 3.8) is 0 Å². The number of hydrogen-bond donors (Lipinski definition) is 3. The number of rotatable bonds is 10. The predicted octanol–water partition coefficient (Wildman–Crippen LogP) is 4.79. The second kappa shape index (κ2) is 14.4. The number of benzene rings is 1. The van der Waals surface area contributed by atoms with Gasteiger partial charge in [0.15, 0.2) is 5.49 Å². The van der Waals surface area contributed by atoms with Gasteiger partial charge in [-0.25, -0.2) is 0 Å². The first kappa shape index (κ1) is 34.6. The third-order valence-corrected chi connectivity index (χ3v) is 7.11. The number of carbonyl (C=O) groups excluding carboxylic acids is 3. The lowest BCUT2D eigenvalue weighted by molar-refractivity contribution is -0.137. The van der Waals surface area contributed by atoms with Crippen molar-refractivity contribution in [3.8, 4) is 0 Å². The zero-order chi connectivity index (χ0) is 34.4. The number of nitrogens with one attached hydrogen (secondary N) is 3.